The Bertz CT molecular complexity index is 1230. The Morgan fingerprint density at radius 1 is 0.950 bits per heavy atom. The quantitative estimate of drug-likeness (QED) is 0.0734. The number of nitrogens with zero attached hydrogens (tertiary/aromatic N) is 2. The average Bonchev–Trinajstić information content (AvgIpc) is 3.70. The smallest absolute Gasteiger partial charge is 0.205 e. The molecule has 2 aliphatic heterocycles. The van der Waals surface area contributed by atoms with Gasteiger partial charge in [0.1, 0.15) is 11.6 Å². The summed E-state index contributed by atoms with van der Waals surface area (Å²) in [5.41, 5.74) is 1.84. The maximum Gasteiger partial charge on any atom is 0.205 e. The van der Waals surface area contributed by atoms with Gasteiger partial charge in [0.2, 0.25) is 5.78 Å². The summed E-state index contributed by atoms with van der Waals surface area (Å²) in [6, 6.07) is 17.0. The molecule has 1 atom stereocenters. The Morgan fingerprint density at radius 2 is 1.48 bits per heavy atom. The number of benzene rings is 2. The number of carbonyl (C=O) groups excluding carboxylic acids is 2. The molecule has 0 aliphatic carbocycles. The molecule has 2 aliphatic rings. The average molecular weight is 749 g/mol. The van der Waals surface area contributed by atoms with E-state index in [2.05, 4.69) is 55.1 Å². The lowest BCUT2D eigenvalue weighted by Gasteiger charge is -2.04. The molecule has 1 unspecified atom stereocenters. The van der Waals surface area contributed by atoms with Crippen molar-refractivity contribution >= 4 is 96.5 Å². The largest absolute Gasteiger partial charge is 0.387 e. The molecular formula is C28H30Br2Cl2N4O2S2. The minimum Gasteiger partial charge on any atom is -0.387 e. The molecule has 2 N–H and O–H groups in total. The van der Waals surface area contributed by atoms with Crippen molar-refractivity contribution in [3.63, 3.8) is 0 Å². The Morgan fingerprint density at radius 3 is 1.88 bits per heavy atom. The molecule has 2 aromatic carbocycles. The molecule has 2 heterocycles. The van der Waals surface area contributed by atoms with Gasteiger partial charge in [-0.3, -0.25) is 9.59 Å². The molecule has 2 saturated heterocycles. The fourth-order valence-corrected chi connectivity index (χ4v) is 4.14. The molecule has 0 aromatic heterocycles. The molecule has 0 radical (unpaired) electrons. The third-order valence-electron chi connectivity index (χ3n) is 5.02. The van der Waals surface area contributed by atoms with E-state index in [1.807, 2.05) is 11.9 Å². The SMILES string of the molecule is CBr.CS.N#C/C(C(=O)c1cccc(Cl)c1)=C1\CCCN1.N#CC(Br)C(=O)c1cccc(Cl)c1.S=C1CCCN1. The van der Waals surface area contributed by atoms with E-state index < -0.39 is 4.83 Å². The van der Waals surface area contributed by atoms with Crippen LogP contribution < -0.4 is 10.6 Å². The van der Waals surface area contributed by atoms with Gasteiger partial charge in [0.15, 0.2) is 10.6 Å². The summed E-state index contributed by atoms with van der Waals surface area (Å²) in [5.74, 6) is 1.27. The molecule has 0 saturated carbocycles. The fourth-order valence-electron chi connectivity index (χ4n) is 3.25. The standard InChI is InChI=1S/C13H11ClN2O.C9H5BrClNO.C4H7NS.CH3Br.CH4S/c14-10-4-1-3-9(7-10)13(17)11(8-15)12-5-2-6-16-12;10-8(5-12)9(13)6-2-1-3-7(11)4-6;6-4-2-1-3-5-4;2*1-2/h1,3-4,7,16H,2,5-6H2;1-4,8H;1-3H2,(H,5,6);1H3;2H,1H3/b12-11-;;;;. The van der Waals surface area contributed by atoms with E-state index >= 15 is 0 Å². The van der Waals surface area contributed by atoms with Gasteiger partial charge in [-0.05, 0) is 62.0 Å². The van der Waals surface area contributed by atoms with Crippen LogP contribution in [0.2, 0.25) is 10.0 Å². The number of allylic oxidation sites excluding steroid dienone is 2. The van der Waals surface area contributed by atoms with Crippen LogP contribution >= 0.6 is 79.9 Å². The summed E-state index contributed by atoms with van der Waals surface area (Å²) in [7, 11) is 0. The predicted molar refractivity (Wildman–Crippen MR) is 179 cm³/mol. The first kappa shape index (κ1) is 38.1. The fraction of sp³-hybridized carbons (Fsp3) is 0.321. The number of thiol groups is 1. The lowest BCUT2D eigenvalue weighted by atomic mass is 10.0. The van der Waals surface area contributed by atoms with Gasteiger partial charge in [-0.25, -0.2) is 0 Å². The molecule has 2 fully saturated rings. The number of halogens is 4. The number of ketones is 2. The third-order valence-corrected chi connectivity index (χ3v) is 6.46. The summed E-state index contributed by atoms with van der Waals surface area (Å²) < 4.78 is 0. The molecule has 0 spiro atoms. The number of rotatable bonds is 4. The number of carbonyl (C=O) groups is 2. The number of thiocarbonyl (C=S) groups is 1. The molecule has 12 heteroatoms. The molecule has 0 bridgehead atoms. The summed E-state index contributed by atoms with van der Waals surface area (Å²) in [5, 5.41) is 24.7. The summed E-state index contributed by atoms with van der Waals surface area (Å²) in [6.07, 6.45) is 5.76. The summed E-state index contributed by atoms with van der Waals surface area (Å²) in [6.45, 7) is 1.92. The van der Waals surface area contributed by atoms with Crippen LogP contribution in [0.4, 0.5) is 0 Å². The number of nitriles is 2. The van der Waals surface area contributed by atoms with Crippen molar-refractivity contribution in [2.75, 3.05) is 25.2 Å². The summed E-state index contributed by atoms with van der Waals surface area (Å²) >= 11 is 25.7. The van der Waals surface area contributed by atoms with E-state index in [9.17, 15) is 9.59 Å². The minimum absolute atomic E-state index is 0.199. The minimum atomic E-state index is -0.800. The molecule has 40 heavy (non-hydrogen) atoms. The zero-order chi connectivity index (χ0) is 30.5. The maximum absolute atomic E-state index is 12.1. The van der Waals surface area contributed by atoms with Crippen molar-refractivity contribution < 1.29 is 9.59 Å². The second kappa shape index (κ2) is 22.7. The normalized spacial score (nSPS) is 14.6. The van der Waals surface area contributed by atoms with Crippen molar-refractivity contribution in [1.82, 2.24) is 10.6 Å². The van der Waals surface area contributed by atoms with Gasteiger partial charge in [0.05, 0.1) is 11.1 Å². The number of hydrogen-bond donors (Lipinski definition) is 3. The second-order valence-electron chi connectivity index (χ2n) is 7.65. The number of nitrogens with one attached hydrogen (secondary N) is 2. The topological polar surface area (TPSA) is 106 Å². The number of hydrogen-bond acceptors (Lipinski definition) is 7. The molecule has 2 aromatic rings. The highest BCUT2D eigenvalue weighted by atomic mass is 79.9. The first-order chi connectivity index (χ1) is 19.3. The molecule has 214 valence electrons. The van der Waals surface area contributed by atoms with Crippen LogP contribution in [0.5, 0.6) is 0 Å². The monoisotopic (exact) mass is 746 g/mol. The molecule has 6 nitrogen and oxygen atoms in total. The highest BCUT2D eigenvalue weighted by Gasteiger charge is 2.19. The summed E-state index contributed by atoms with van der Waals surface area (Å²) in [4.78, 5) is 23.8. The zero-order valence-electron chi connectivity index (χ0n) is 22.0. The lowest BCUT2D eigenvalue weighted by molar-refractivity contribution is 0.100. The van der Waals surface area contributed by atoms with Gasteiger partial charge in [-0.15, -0.1) is 0 Å². The van der Waals surface area contributed by atoms with Crippen LogP contribution in [0.25, 0.3) is 0 Å². The van der Waals surface area contributed by atoms with Crippen molar-refractivity contribution in [2.24, 2.45) is 0 Å². The van der Waals surface area contributed by atoms with E-state index in [-0.39, 0.29) is 17.1 Å². The van der Waals surface area contributed by atoms with Gasteiger partial charge in [-0.2, -0.15) is 23.2 Å². The van der Waals surface area contributed by atoms with Crippen molar-refractivity contribution in [2.45, 2.75) is 30.5 Å². The van der Waals surface area contributed by atoms with Crippen LogP contribution in [0, 0.1) is 22.7 Å². The Kier molecular flexibility index (Phi) is 21.6. The first-order valence-electron chi connectivity index (χ1n) is 11.9. The predicted octanol–water partition coefficient (Wildman–Crippen LogP) is 7.75. The molecular weight excluding hydrogens is 719 g/mol. The third kappa shape index (κ3) is 14.1. The van der Waals surface area contributed by atoms with Crippen LogP contribution in [-0.4, -0.2) is 46.6 Å². The van der Waals surface area contributed by atoms with E-state index in [4.69, 9.17) is 45.9 Å². The highest BCUT2D eigenvalue weighted by Crippen LogP contribution is 2.20. The van der Waals surface area contributed by atoms with Crippen LogP contribution in [0.15, 0.2) is 59.8 Å². The van der Waals surface area contributed by atoms with Gasteiger partial charge < -0.3 is 10.6 Å². The Hall–Kier alpha value is -1.92. The van der Waals surface area contributed by atoms with E-state index in [0.717, 1.165) is 43.0 Å². The lowest BCUT2D eigenvalue weighted by Crippen LogP contribution is -2.12. The number of Topliss-reactive ketones (excluding diaryl/α,β-unsaturated/α-hetero) is 2. The Labute approximate surface area is 274 Å². The van der Waals surface area contributed by atoms with Gasteiger partial charge in [-0.1, -0.05) is 91.5 Å². The van der Waals surface area contributed by atoms with Gasteiger partial charge >= 0.3 is 0 Å². The van der Waals surface area contributed by atoms with Gasteiger partial charge in [0, 0.05) is 40.0 Å². The van der Waals surface area contributed by atoms with E-state index in [1.165, 1.54) is 12.5 Å². The maximum atomic E-state index is 12.1. The van der Waals surface area contributed by atoms with Crippen molar-refractivity contribution in [3.8, 4) is 12.1 Å². The molecule has 0 amide bonds. The molecule has 4 rings (SSSR count). The van der Waals surface area contributed by atoms with Crippen LogP contribution in [-0.2, 0) is 0 Å². The van der Waals surface area contributed by atoms with E-state index in [0.29, 0.717) is 21.2 Å². The van der Waals surface area contributed by atoms with Crippen LogP contribution in [0.1, 0.15) is 46.4 Å². The second-order valence-corrected chi connectivity index (χ2v) is 9.94. The zero-order valence-corrected chi connectivity index (χ0v) is 28.4. The van der Waals surface area contributed by atoms with E-state index in [1.54, 1.807) is 54.8 Å². The first-order valence-corrected chi connectivity index (χ1v) is 16.4. The van der Waals surface area contributed by atoms with Crippen molar-refractivity contribution in [1.29, 1.82) is 10.5 Å². The van der Waals surface area contributed by atoms with Crippen LogP contribution in [0.3, 0.4) is 0 Å². The van der Waals surface area contributed by atoms with Crippen molar-refractivity contribution in [3.05, 3.63) is 81.0 Å². The Balaban J connectivity index is 0.000000582. The number of alkyl halides is 2. The highest BCUT2D eigenvalue weighted by molar-refractivity contribution is 9.10. The van der Waals surface area contributed by atoms with Gasteiger partial charge in [0.25, 0.3) is 0 Å².